The third-order valence-electron chi connectivity index (χ3n) is 6.44. The van der Waals surface area contributed by atoms with Gasteiger partial charge >= 0.3 is 0 Å². The molecule has 3 heterocycles. The van der Waals surface area contributed by atoms with E-state index in [1.807, 2.05) is 36.2 Å². The summed E-state index contributed by atoms with van der Waals surface area (Å²) in [5.41, 5.74) is 1.67. The van der Waals surface area contributed by atoms with Crippen LogP contribution in [0.4, 0.5) is 5.69 Å². The highest BCUT2D eigenvalue weighted by Crippen LogP contribution is 2.56. The second kappa shape index (κ2) is 7.45. The van der Waals surface area contributed by atoms with Crippen LogP contribution in [0.15, 0.2) is 67.0 Å². The number of rotatable bonds is 3. The topological polar surface area (TPSA) is 62.3 Å². The number of fused-ring (bicyclic) bond motifs is 2. The molecule has 0 aliphatic carbocycles. The molecule has 5 nitrogen and oxygen atoms in total. The molecule has 1 amide bonds. The van der Waals surface area contributed by atoms with Gasteiger partial charge in [-0.25, -0.2) is 0 Å². The maximum absolute atomic E-state index is 13.9. The Balaban J connectivity index is 1.74. The van der Waals surface area contributed by atoms with Gasteiger partial charge in [0.2, 0.25) is 5.91 Å². The van der Waals surface area contributed by atoms with Crippen LogP contribution in [0.3, 0.4) is 0 Å². The fourth-order valence-electron chi connectivity index (χ4n) is 5.11. The van der Waals surface area contributed by atoms with Crippen molar-refractivity contribution < 1.29 is 9.59 Å². The quantitative estimate of drug-likeness (QED) is 0.582. The number of amides is 1. The molecule has 3 atom stereocenters. The maximum Gasteiger partial charge on any atom is 0.250 e. The first-order valence-electron chi connectivity index (χ1n) is 9.95. The lowest BCUT2D eigenvalue weighted by Gasteiger charge is -2.35. The summed E-state index contributed by atoms with van der Waals surface area (Å²) in [4.78, 5) is 33.6. The van der Waals surface area contributed by atoms with E-state index in [0.29, 0.717) is 27.8 Å². The minimum Gasteiger partial charge on any atom is -0.324 e. The highest BCUT2D eigenvalue weighted by molar-refractivity contribution is 6.31. The number of halogens is 2. The van der Waals surface area contributed by atoms with Crippen molar-refractivity contribution in [1.82, 2.24) is 9.88 Å². The smallest absolute Gasteiger partial charge is 0.250 e. The molecule has 0 bridgehead atoms. The molecule has 1 fully saturated rings. The number of aromatic nitrogens is 1. The Morgan fingerprint density at radius 1 is 1.13 bits per heavy atom. The minimum absolute atomic E-state index is 0.125. The van der Waals surface area contributed by atoms with Crippen LogP contribution < -0.4 is 5.32 Å². The molecule has 3 aromatic rings. The number of ketones is 1. The van der Waals surface area contributed by atoms with Gasteiger partial charge in [-0.05, 0) is 55.1 Å². The van der Waals surface area contributed by atoms with Crippen LogP contribution in [0.1, 0.15) is 27.4 Å². The Bertz CT molecular complexity index is 1180. The van der Waals surface area contributed by atoms with E-state index in [2.05, 4.69) is 10.3 Å². The largest absolute Gasteiger partial charge is 0.324 e. The first kappa shape index (κ1) is 20.2. The standard InChI is InChI=1S/C24H19Cl2N3O2/c1-29-13-18(14-4-6-16(25)7-5-14)21(22(30)15-3-2-10-27-12-15)24(29)19-11-17(26)8-9-20(19)28-23(24)31/h2-12,18,21H,13H2,1H3,(H,28,31)/t18-,21+,24-/m1/s1. The molecule has 1 saturated heterocycles. The number of carbonyl (C=O) groups is 2. The zero-order chi connectivity index (χ0) is 21.8. The van der Waals surface area contributed by atoms with Crippen molar-refractivity contribution in [3.8, 4) is 0 Å². The van der Waals surface area contributed by atoms with Crippen molar-refractivity contribution >= 4 is 40.6 Å². The second-order valence-electron chi connectivity index (χ2n) is 8.03. The number of hydrogen-bond acceptors (Lipinski definition) is 4. The lowest BCUT2D eigenvalue weighted by molar-refractivity contribution is -0.126. The number of nitrogens with one attached hydrogen (secondary N) is 1. The fraction of sp³-hybridized carbons (Fsp3) is 0.208. The molecular weight excluding hydrogens is 433 g/mol. The Hall–Kier alpha value is -2.73. The number of benzene rings is 2. The summed E-state index contributed by atoms with van der Waals surface area (Å²) < 4.78 is 0. The van der Waals surface area contributed by atoms with Crippen molar-refractivity contribution in [3.63, 3.8) is 0 Å². The Morgan fingerprint density at radius 2 is 1.87 bits per heavy atom. The number of nitrogens with zero attached hydrogens (tertiary/aromatic N) is 2. The van der Waals surface area contributed by atoms with Gasteiger partial charge in [0.05, 0.1) is 5.92 Å². The zero-order valence-corrected chi connectivity index (χ0v) is 18.2. The molecule has 0 radical (unpaired) electrons. The highest BCUT2D eigenvalue weighted by Gasteiger charge is 2.64. The first-order chi connectivity index (χ1) is 14.9. The van der Waals surface area contributed by atoms with E-state index in [1.165, 1.54) is 0 Å². The molecular formula is C24H19Cl2N3O2. The number of likely N-dealkylation sites (N-methyl/N-ethyl adjacent to an activating group) is 1. The molecule has 5 rings (SSSR count). The average molecular weight is 452 g/mol. The molecule has 1 spiro atoms. The molecule has 1 N–H and O–H groups in total. The second-order valence-corrected chi connectivity index (χ2v) is 8.91. The summed E-state index contributed by atoms with van der Waals surface area (Å²) in [6.07, 6.45) is 3.18. The van der Waals surface area contributed by atoms with Crippen molar-refractivity contribution in [2.45, 2.75) is 11.5 Å². The number of carbonyl (C=O) groups excluding carboxylic acids is 2. The van der Waals surface area contributed by atoms with E-state index >= 15 is 0 Å². The van der Waals surface area contributed by atoms with Crippen LogP contribution in [0, 0.1) is 5.92 Å². The Kier molecular flexibility index (Phi) is 4.85. The SMILES string of the molecule is CN1C[C@H](c2ccc(Cl)cc2)[C@@H](C(=O)c2cccnc2)[C@]12C(=O)Nc1ccc(Cl)cc12. The molecule has 31 heavy (non-hydrogen) atoms. The van der Waals surface area contributed by atoms with Gasteiger partial charge < -0.3 is 5.32 Å². The number of anilines is 1. The van der Waals surface area contributed by atoms with E-state index in [9.17, 15) is 9.59 Å². The van der Waals surface area contributed by atoms with E-state index in [-0.39, 0.29) is 17.6 Å². The third-order valence-corrected chi connectivity index (χ3v) is 6.93. The van der Waals surface area contributed by atoms with Crippen LogP contribution in [0.2, 0.25) is 10.0 Å². The fourth-order valence-corrected chi connectivity index (χ4v) is 5.41. The number of likely N-dealkylation sites (tertiary alicyclic amines) is 1. The molecule has 2 aliphatic heterocycles. The molecule has 156 valence electrons. The van der Waals surface area contributed by atoms with Gasteiger partial charge in [-0.15, -0.1) is 0 Å². The third kappa shape index (κ3) is 2.99. The van der Waals surface area contributed by atoms with Crippen LogP contribution in [-0.4, -0.2) is 35.2 Å². The average Bonchev–Trinajstić information content (AvgIpc) is 3.24. The zero-order valence-electron chi connectivity index (χ0n) is 16.7. The Labute approximate surface area is 190 Å². The molecule has 1 aromatic heterocycles. The van der Waals surface area contributed by atoms with Gasteiger partial charge in [0.1, 0.15) is 5.54 Å². The minimum atomic E-state index is -1.17. The molecule has 2 aliphatic rings. The lowest BCUT2D eigenvalue weighted by Crippen LogP contribution is -2.51. The van der Waals surface area contributed by atoms with Gasteiger partial charge in [-0.2, -0.15) is 0 Å². The normalized spacial score (nSPS) is 24.9. The van der Waals surface area contributed by atoms with Crippen molar-refractivity contribution in [2.75, 3.05) is 18.9 Å². The summed E-state index contributed by atoms with van der Waals surface area (Å²) in [6, 6.07) is 16.3. The molecule has 0 saturated carbocycles. The first-order valence-corrected chi connectivity index (χ1v) is 10.7. The molecule has 0 unspecified atom stereocenters. The van der Waals surface area contributed by atoms with Gasteiger partial charge in [0.15, 0.2) is 5.78 Å². The summed E-state index contributed by atoms with van der Waals surface area (Å²) in [6.45, 7) is 0.525. The van der Waals surface area contributed by atoms with Gasteiger partial charge in [0, 0.05) is 51.7 Å². The van der Waals surface area contributed by atoms with Crippen LogP contribution in [-0.2, 0) is 10.3 Å². The van der Waals surface area contributed by atoms with Gasteiger partial charge in [0.25, 0.3) is 0 Å². The predicted molar refractivity (Wildman–Crippen MR) is 121 cm³/mol. The molecule has 7 heteroatoms. The van der Waals surface area contributed by atoms with Crippen molar-refractivity contribution in [1.29, 1.82) is 0 Å². The summed E-state index contributed by atoms with van der Waals surface area (Å²) in [5.74, 6) is -1.22. The molecule has 2 aromatic carbocycles. The summed E-state index contributed by atoms with van der Waals surface area (Å²) in [5, 5.41) is 4.12. The van der Waals surface area contributed by atoms with Crippen molar-refractivity contribution in [3.05, 3.63) is 93.7 Å². The van der Waals surface area contributed by atoms with E-state index < -0.39 is 11.5 Å². The van der Waals surface area contributed by atoms with Crippen LogP contribution in [0.5, 0.6) is 0 Å². The van der Waals surface area contributed by atoms with Gasteiger partial charge in [-0.3, -0.25) is 19.5 Å². The summed E-state index contributed by atoms with van der Waals surface area (Å²) in [7, 11) is 1.88. The van der Waals surface area contributed by atoms with E-state index in [0.717, 1.165) is 11.1 Å². The lowest BCUT2D eigenvalue weighted by atomic mass is 9.70. The van der Waals surface area contributed by atoms with Crippen molar-refractivity contribution in [2.24, 2.45) is 5.92 Å². The monoisotopic (exact) mass is 451 g/mol. The predicted octanol–water partition coefficient (Wildman–Crippen LogP) is 4.76. The van der Waals surface area contributed by atoms with E-state index in [4.69, 9.17) is 23.2 Å². The van der Waals surface area contributed by atoms with Crippen LogP contribution >= 0.6 is 23.2 Å². The number of Topliss-reactive ketones (excluding diaryl/α,β-unsaturated/α-hetero) is 1. The number of hydrogen-bond donors (Lipinski definition) is 1. The summed E-state index contributed by atoms with van der Waals surface area (Å²) >= 11 is 12.4. The Morgan fingerprint density at radius 3 is 2.58 bits per heavy atom. The highest BCUT2D eigenvalue weighted by atomic mass is 35.5. The number of pyridine rings is 1. The maximum atomic E-state index is 13.9. The van der Waals surface area contributed by atoms with Gasteiger partial charge in [-0.1, -0.05) is 35.3 Å². The van der Waals surface area contributed by atoms with Crippen LogP contribution in [0.25, 0.3) is 0 Å². The van der Waals surface area contributed by atoms with E-state index in [1.54, 1.807) is 42.7 Å².